The number of amides is 1. The summed E-state index contributed by atoms with van der Waals surface area (Å²) in [5.41, 5.74) is 2.92. The molecule has 2 aliphatic rings. The third-order valence-corrected chi connectivity index (χ3v) is 6.22. The van der Waals surface area contributed by atoms with Crippen LogP contribution in [0, 0.1) is 0 Å². The van der Waals surface area contributed by atoms with E-state index in [1.54, 1.807) is 18.4 Å². The standard InChI is InChI=1S/C24H33N5O2.HI/c1-3-25-24(28-14-12-27(13-15-28)23(30)22-9-6-16-31-22)26-17-19(2)29-11-10-20-7-4-5-8-21(20)18-29;/h4-9,16,19H,3,10-15,17-18H2,1-2H3,(H,25,26);1H. The zero-order valence-corrected chi connectivity index (χ0v) is 21.3. The van der Waals surface area contributed by atoms with Gasteiger partial charge in [0.25, 0.3) is 5.91 Å². The van der Waals surface area contributed by atoms with Gasteiger partial charge in [-0.15, -0.1) is 24.0 Å². The van der Waals surface area contributed by atoms with Crippen molar-refractivity contribution in [2.24, 2.45) is 4.99 Å². The lowest BCUT2D eigenvalue weighted by molar-refractivity contribution is 0.0657. The number of carbonyl (C=O) groups excluding carboxylic acids is 1. The Morgan fingerprint density at radius 3 is 2.47 bits per heavy atom. The van der Waals surface area contributed by atoms with E-state index in [2.05, 4.69) is 53.2 Å². The topological polar surface area (TPSA) is 64.3 Å². The highest BCUT2D eigenvalue weighted by Crippen LogP contribution is 2.20. The van der Waals surface area contributed by atoms with Crippen molar-refractivity contribution in [3.8, 4) is 0 Å². The van der Waals surface area contributed by atoms with Crippen molar-refractivity contribution in [3.63, 3.8) is 0 Å². The maximum atomic E-state index is 12.5. The van der Waals surface area contributed by atoms with Gasteiger partial charge in [0.15, 0.2) is 11.7 Å². The fourth-order valence-electron chi connectivity index (χ4n) is 4.33. The Balaban J connectivity index is 0.00000289. The second-order valence-corrected chi connectivity index (χ2v) is 8.29. The number of halogens is 1. The summed E-state index contributed by atoms with van der Waals surface area (Å²) in [6.45, 7) is 10.9. The Hall–Kier alpha value is -2.07. The Morgan fingerprint density at radius 2 is 1.78 bits per heavy atom. The molecule has 1 aromatic heterocycles. The fourth-order valence-corrected chi connectivity index (χ4v) is 4.33. The number of furan rings is 1. The van der Waals surface area contributed by atoms with Gasteiger partial charge < -0.3 is 19.5 Å². The van der Waals surface area contributed by atoms with E-state index >= 15 is 0 Å². The average molecular weight is 551 g/mol. The van der Waals surface area contributed by atoms with E-state index < -0.39 is 0 Å². The van der Waals surface area contributed by atoms with Gasteiger partial charge in [-0.05, 0) is 43.5 Å². The van der Waals surface area contributed by atoms with E-state index in [0.717, 1.165) is 51.6 Å². The summed E-state index contributed by atoms with van der Waals surface area (Å²) in [4.78, 5) is 24.1. The number of carbonyl (C=O) groups is 1. The lowest BCUT2D eigenvalue weighted by Crippen LogP contribution is -2.54. The van der Waals surface area contributed by atoms with E-state index in [1.165, 1.54) is 11.1 Å². The molecule has 4 rings (SSSR count). The van der Waals surface area contributed by atoms with Crippen LogP contribution in [0.2, 0.25) is 0 Å². The van der Waals surface area contributed by atoms with Gasteiger partial charge in [-0.3, -0.25) is 14.7 Å². The lowest BCUT2D eigenvalue weighted by atomic mass is 9.99. The molecular weight excluding hydrogens is 517 g/mol. The summed E-state index contributed by atoms with van der Waals surface area (Å²) in [5, 5.41) is 3.43. The lowest BCUT2D eigenvalue weighted by Gasteiger charge is -2.37. The number of hydrogen-bond donors (Lipinski definition) is 1. The largest absolute Gasteiger partial charge is 0.459 e. The smallest absolute Gasteiger partial charge is 0.289 e. The van der Waals surface area contributed by atoms with Crippen LogP contribution in [-0.4, -0.2) is 78.4 Å². The molecule has 1 N–H and O–H groups in total. The monoisotopic (exact) mass is 551 g/mol. The highest BCUT2D eigenvalue weighted by molar-refractivity contribution is 14.0. The van der Waals surface area contributed by atoms with Crippen LogP contribution >= 0.6 is 24.0 Å². The number of nitrogens with zero attached hydrogens (tertiary/aromatic N) is 4. The summed E-state index contributed by atoms with van der Waals surface area (Å²) in [6, 6.07) is 12.6. The van der Waals surface area contributed by atoms with Gasteiger partial charge >= 0.3 is 0 Å². The minimum Gasteiger partial charge on any atom is -0.459 e. The highest BCUT2D eigenvalue weighted by atomic mass is 127. The number of fused-ring (bicyclic) bond motifs is 1. The van der Waals surface area contributed by atoms with Crippen LogP contribution in [0.5, 0.6) is 0 Å². The first-order valence-corrected chi connectivity index (χ1v) is 11.3. The van der Waals surface area contributed by atoms with Crippen LogP contribution in [0.1, 0.15) is 35.5 Å². The highest BCUT2D eigenvalue weighted by Gasteiger charge is 2.26. The molecule has 0 aliphatic carbocycles. The molecule has 8 heteroatoms. The minimum absolute atomic E-state index is 0. The van der Waals surface area contributed by atoms with Gasteiger partial charge in [0.05, 0.1) is 12.8 Å². The second kappa shape index (κ2) is 11.7. The molecule has 32 heavy (non-hydrogen) atoms. The van der Waals surface area contributed by atoms with Crippen LogP contribution in [0.4, 0.5) is 0 Å². The molecule has 1 unspecified atom stereocenters. The summed E-state index contributed by atoms with van der Waals surface area (Å²) in [7, 11) is 0. The van der Waals surface area contributed by atoms with Gasteiger partial charge in [-0.1, -0.05) is 24.3 Å². The van der Waals surface area contributed by atoms with Crippen LogP contribution in [-0.2, 0) is 13.0 Å². The number of rotatable bonds is 5. The summed E-state index contributed by atoms with van der Waals surface area (Å²) in [6.07, 6.45) is 2.65. The van der Waals surface area contributed by atoms with E-state index in [4.69, 9.17) is 9.41 Å². The molecule has 7 nitrogen and oxygen atoms in total. The molecule has 3 heterocycles. The predicted molar refractivity (Wildman–Crippen MR) is 138 cm³/mol. The van der Waals surface area contributed by atoms with Crippen LogP contribution in [0.25, 0.3) is 0 Å². The van der Waals surface area contributed by atoms with Crippen molar-refractivity contribution in [1.29, 1.82) is 0 Å². The van der Waals surface area contributed by atoms with Gasteiger partial charge in [-0.25, -0.2) is 0 Å². The van der Waals surface area contributed by atoms with Gasteiger partial charge in [-0.2, -0.15) is 0 Å². The molecule has 0 radical (unpaired) electrons. The van der Waals surface area contributed by atoms with Gasteiger partial charge in [0, 0.05) is 51.9 Å². The molecular formula is C24H34IN5O2. The molecule has 1 aromatic carbocycles. The van der Waals surface area contributed by atoms with Crippen molar-refractivity contribution < 1.29 is 9.21 Å². The zero-order chi connectivity index (χ0) is 21.6. The van der Waals surface area contributed by atoms with E-state index in [1.807, 2.05) is 4.90 Å². The Bertz CT molecular complexity index is 894. The van der Waals surface area contributed by atoms with Gasteiger partial charge in [0.1, 0.15) is 0 Å². The normalized spacial score (nSPS) is 18.0. The average Bonchev–Trinajstić information content (AvgIpc) is 3.36. The molecule has 1 atom stereocenters. The molecule has 1 fully saturated rings. The zero-order valence-electron chi connectivity index (χ0n) is 19.0. The SMILES string of the molecule is CCNC(=NCC(C)N1CCc2ccccc2C1)N1CCN(C(=O)c2ccco2)CC1.I. The van der Waals surface area contributed by atoms with Crippen molar-refractivity contribution >= 4 is 35.8 Å². The molecule has 2 aromatic rings. The first-order chi connectivity index (χ1) is 15.2. The summed E-state index contributed by atoms with van der Waals surface area (Å²) < 4.78 is 5.26. The molecule has 1 saturated heterocycles. The minimum atomic E-state index is -0.0365. The van der Waals surface area contributed by atoms with Gasteiger partial charge in [0.2, 0.25) is 0 Å². The molecule has 174 valence electrons. The molecule has 2 aliphatic heterocycles. The molecule has 1 amide bonds. The third kappa shape index (κ3) is 5.83. The third-order valence-electron chi connectivity index (χ3n) is 6.22. The van der Waals surface area contributed by atoms with E-state index in [-0.39, 0.29) is 29.9 Å². The summed E-state index contributed by atoms with van der Waals surface area (Å²) >= 11 is 0. The maximum absolute atomic E-state index is 12.5. The van der Waals surface area contributed by atoms with Crippen molar-refractivity contribution in [3.05, 3.63) is 59.5 Å². The Morgan fingerprint density at radius 1 is 1.06 bits per heavy atom. The maximum Gasteiger partial charge on any atom is 0.289 e. The van der Waals surface area contributed by atoms with E-state index in [0.29, 0.717) is 24.9 Å². The quantitative estimate of drug-likeness (QED) is 0.352. The number of nitrogens with one attached hydrogen (secondary N) is 1. The van der Waals surface area contributed by atoms with Crippen LogP contribution in [0.15, 0.2) is 52.1 Å². The predicted octanol–water partition coefficient (Wildman–Crippen LogP) is 3.07. The number of aliphatic imine (C=N–C) groups is 1. The molecule has 0 spiro atoms. The Labute approximate surface area is 207 Å². The van der Waals surface area contributed by atoms with E-state index in [9.17, 15) is 4.79 Å². The second-order valence-electron chi connectivity index (χ2n) is 8.29. The fraction of sp³-hybridized carbons (Fsp3) is 0.500. The Kier molecular flexibility index (Phi) is 8.98. The van der Waals surface area contributed by atoms with Crippen molar-refractivity contribution in [2.75, 3.05) is 45.8 Å². The van der Waals surface area contributed by atoms with Crippen LogP contribution in [0.3, 0.4) is 0 Å². The number of guanidine groups is 1. The molecule has 0 saturated carbocycles. The molecule has 0 bridgehead atoms. The first kappa shape index (κ1) is 24.6. The number of benzene rings is 1. The number of piperazine rings is 1. The number of hydrogen-bond acceptors (Lipinski definition) is 4. The summed E-state index contributed by atoms with van der Waals surface area (Å²) in [5.74, 6) is 1.31. The van der Waals surface area contributed by atoms with Crippen LogP contribution < -0.4 is 5.32 Å². The van der Waals surface area contributed by atoms with Crippen molar-refractivity contribution in [2.45, 2.75) is 32.9 Å². The van der Waals surface area contributed by atoms with Crippen molar-refractivity contribution in [1.82, 2.24) is 20.0 Å². The first-order valence-electron chi connectivity index (χ1n) is 11.3.